The summed E-state index contributed by atoms with van der Waals surface area (Å²) in [6.45, 7) is 5.43. The van der Waals surface area contributed by atoms with Crippen molar-refractivity contribution in [1.29, 1.82) is 0 Å². The first-order chi connectivity index (χ1) is 6.67. The molecule has 0 aliphatic heterocycles. The molecule has 0 fully saturated rings. The fraction of sp³-hybridized carbons (Fsp3) is 0.700. The number of nitrogens with one attached hydrogen (secondary N) is 1. The SMILES string of the molecule is CSCCCNC(C)(C)c1nccs1. The van der Waals surface area contributed by atoms with Crippen molar-refractivity contribution in [2.24, 2.45) is 0 Å². The lowest BCUT2D eigenvalue weighted by Crippen LogP contribution is -2.37. The minimum atomic E-state index is 0.0204. The van der Waals surface area contributed by atoms with Crippen LogP contribution in [0.1, 0.15) is 25.3 Å². The third-order valence-electron chi connectivity index (χ3n) is 2.06. The van der Waals surface area contributed by atoms with Gasteiger partial charge in [0, 0.05) is 11.6 Å². The predicted octanol–water partition coefficient (Wildman–Crippen LogP) is 2.72. The smallest absolute Gasteiger partial charge is 0.112 e. The van der Waals surface area contributed by atoms with E-state index in [0.717, 1.165) is 6.54 Å². The van der Waals surface area contributed by atoms with Crippen LogP contribution in [0.2, 0.25) is 0 Å². The van der Waals surface area contributed by atoms with E-state index in [0.29, 0.717) is 0 Å². The quantitative estimate of drug-likeness (QED) is 0.761. The van der Waals surface area contributed by atoms with Gasteiger partial charge in [-0.25, -0.2) is 4.98 Å². The van der Waals surface area contributed by atoms with Crippen molar-refractivity contribution in [2.75, 3.05) is 18.6 Å². The minimum absolute atomic E-state index is 0.0204. The van der Waals surface area contributed by atoms with Crippen LogP contribution in [0, 0.1) is 0 Å². The maximum absolute atomic E-state index is 4.34. The van der Waals surface area contributed by atoms with E-state index in [2.05, 4.69) is 30.4 Å². The van der Waals surface area contributed by atoms with E-state index in [1.807, 2.05) is 23.3 Å². The van der Waals surface area contributed by atoms with Crippen molar-refractivity contribution in [2.45, 2.75) is 25.8 Å². The summed E-state index contributed by atoms with van der Waals surface area (Å²) in [7, 11) is 0. The normalized spacial score (nSPS) is 11.9. The molecule has 4 heteroatoms. The van der Waals surface area contributed by atoms with Gasteiger partial charge in [-0.1, -0.05) is 0 Å². The van der Waals surface area contributed by atoms with Crippen LogP contribution in [0.5, 0.6) is 0 Å². The van der Waals surface area contributed by atoms with Crippen LogP contribution in [-0.4, -0.2) is 23.5 Å². The Balaban J connectivity index is 2.35. The van der Waals surface area contributed by atoms with Crippen molar-refractivity contribution < 1.29 is 0 Å². The number of aromatic nitrogens is 1. The van der Waals surface area contributed by atoms with Crippen LogP contribution in [0.4, 0.5) is 0 Å². The Morgan fingerprint density at radius 2 is 2.36 bits per heavy atom. The summed E-state index contributed by atoms with van der Waals surface area (Å²) in [4.78, 5) is 4.34. The van der Waals surface area contributed by atoms with E-state index in [9.17, 15) is 0 Å². The molecule has 0 radical (unpaired) electrons. The number of nitrogens with zero attached hydrogens (tertiary/aromatic N) is 1. The maximum Gasteiger partial charge on any atom is 0.112 e. The first-order valence-electron chi connectivity index (χ1n) is 4.81. The molecule has 0 amide bonds. The Morgan fingerprint density at radius 1 is 1.57 bits per heavy atom. The third-order valence-corrected chi connectivity index (χ3v) is 3.85. The van der Waals surface area contributed by atoms with E-state index < -0.39 is 0 Å². The molecule has 1 N–H and O–H groups in total. The summed E-state index contributed by atoms with van der Waals surface area (Å²) in [6, 6.07) is 0. The lowest BCUT2D eigenvalue weighted by atomic mass is 10.1. The standard InChI is InChI=1S/C10H18N2S2/c1-10(2,9-11-6-8-14-9)12-5-4-7-13-3/h6,8,12H,4-5,7H2,1-3H3. The highest BCUT2D eigenvalue weighted by atomic mass is 32.2. The molecular weight excluding hydrogens is 212 g/mol. The van der Waals surface area contributed by atoms with Crippen LogP contribution in [-0.2, 0) is 5.54 Å². The van der Waals surface area contributed by atoms with E-state index in [1.165, 1.54) is 17.2 Å². The van der Waals surface area contributed by atoms with Gasteiger partial charge < -0.3 is 5.32 Å². The van der Waals surface area contributed by atoms with Crippen molar-refractivity contribution in [3.8, 4) is 0 Å². The lowest BCUT2D eigenvalue weighted by Gasteiger charge is -2.23. The Hall–Kier alpha value is -0.0600. The van der Waals surface area contributed by atoms with Gasteiger partial charge in [-0.05, 0) is 38.8 Å². The maximum atomic E-state index is 4.34. The van der Waals surface area contributed by atoms with Crippen molar-refractivity contribution >= 4 is 23.1 Å². The zero-order valence-corrected chi connectivity index (χ0v) is 10.7. The molecule has 2 nitrogen and oxygen atoms in total. The van der Waals surface area contributed by atoms with Gasteiger partial charge in [0.05, 0.1) is 5.54 Å². The summed E-state index contributed by atoms with van der Waals surface area (Å²) < 4.78 is 0. The van der Waals surface area contributed by atoms with Crippen molar-refractivity contribution in [1.82, 2.24) is 10.3 Å². The van der Waals surface area contributed by atoms with E-state index in [1.54, 1.807) is 11.3 Å². The molecule has 1 heterocycles. The molecule has 0 aromatic carbocycles. The van der Waals surface area contributed by atoms with E-state index in [-0.39, 0.29) is 5.54 Å². The molecule has 0 saturated heterocycles. The highest BCUT2D eigenvalue weighted by Gasteiger charge is 2.21. The van der Waals surface area contributed by atoms with Crippen LogP contribution in [0.15, 0.2) is 11.6 Å². The average Bonchev–Trinajstić information content (AvgIpc) is 2.65. The lowest BCUT2D eigenvalue weighted by molar-refractivity contribution is 0.403. The zero-order valence-electron chi connectivity index (χ0n) is 9.04. The van der Waals surface area contributed by atoms with Crippen molar-refractivity contribution in [3.05, 3.63) is 16.6 Å². The van der Waals surface area contributed by atoms with Crippen LogP contribution in [0.3, 0.4) is 0 Å². The van der Waals surface area contributed by atoms with Crippen LogP contribution < -0.4 is 5.32 Å². The second-order valence-corrected chi connectivity index (χ2v) is 5.62. The fourth-order valence-electron chi connectivity index (χ4n) is 1.23. The number of rotatable bonds is 6. The third kappa shape index (κ3) is 3.59. The van der Waals surface area contributed by atoms with Gasteiger partial charge >= 0.3 is 0 Å². The Morgan fingerprint density at radius 3 is 2.93 bits per heavy atom. The first-order valence-corrected chi connectivity index (χ1v) is 7.08. The first kappa shape index (κ1) is 12.0. The van der Waals surface area contributed by atoms with Crippen LogP contribution >= 0.6 is 23.1 Å². The second-order valence-electron chi connectivity index (χ2n) is 3.74. The molecule has 0 spiro atoms. The molecule has 0 aliphatic rings. The highest BCUT2D eigenvalue weighted by molar-refractivity contribution is 7.98. The topological polar surface area (TPSA) is 24.9 Å². The number of thiazole rings is 1. The molecule has 80 valence electrons. The Kier molecular flexibility index (Phi) is 4.92. The molecule has 1 aromatic heterocycles. The predicted molar refractivity (Wildman–Crippen MR) is 66.1 cm³/mol. The number of hydrogen-bond acceptors (Lipinski definition) is 4. The molecule has 0 unspecified atom stereocenters. The molecular formula is C10H18N2S2. The summed E-state index contributed by atoms with van der Waals surface area (Å²) in [5.74, 6) is 1.22. The molecule has 1 rings (SSSR count). The Labute approximate surface area is 94.5 Å². The zero-order chi connectivity index (χ0) is 10.4. The van der Waals surface area contributed by atoms with Gasteiger partial charge in [-0.15, -0.1) is 11.3 Å². The molecule has 1 aromatic rings. The van der Waals surface area contributed by atoms with Gasteiger partial charge in [0.25, 0.3) is 0 Å². The minimum Gasteiger partial charge on any atom is -0.306 e. The molecule has 14 heavy (non-hydrogen) atoms. The van der Waals surface area contributed by atoms with Gasteiger partial charge in [-0.2, -0.15) is 11.8 Å². The number of thioether (sulfide) groups is 1. The monoisotopic (exact) mass is 230 g/mol. The van der Waals surface area contributed by atoms with Gasteiger partial charge in [0.2, 0.25) is 0 Å². The van der Waals surface area contributed by atoms with E-state index >= 15 is 0 Å². The Bertz CT molecular complexity index is 245. The van der Waals surface area contributed by atoms with Gasteiger partial charge in [0.1, 0.15) is 5.01 Å². The van der Waals surface area contributed by atoms with Gasteiger partial charge in [-0.3, -0.25) is 0 Å². The second kappa shape index (κ2) is 5.73. The summed E-state index contributed by atoms with van der Waals surface area (Å²) >= 11 is 3.61. The molecule has 0 atom stereocenters. The molecule has 0 bridgehead atoms. The van der Waals surface area contributed by atoms with Gasteiger partial charge in [0.15, 0.2) is 0 Å². The summed E-state index contributed by atoms with van der Waals surface area (Å²) in [6.07, 6.45) is 5.23. The highest BCUT2D eigenvalue weighted by Crippen LogP contribution is 2.21. The van der Waals surface area contributed by atoms with E-state index in [4.69, 9.17) is 0 Å². The molecule has 0 aliphatic carbocycles. The average molecular weight is 230 g/mol. The summed E-state index contributed by atoms with van der Waals surface area (Å²) in [5, 5.41) is 6.73. The van der Waals surface area contributed by atoms with Crippen LogP contribution in [0.25, 0.3) is 0 Å². The fourth-order valence-corrected chi connectivity index (χ4v) is 2.40. The summed E-state index contributed by atoms with van der Waals surface area (Å²) in [5.41, 5.74) is 0.0204. The number of hydrogen-bond donors (Lipinski definition) is 1. The molecule has 0 saturated carbocycles. The van der Waals surface area contributed by atoms with Crippen molar-refractivity contribution in [3.63, 3.8) is 0 Å². The largest absolute Gasteiger partial charge is 0.306 e.